The summed E-state index contributed by atoms with van der Waals surface area (Å²) in [5, 5.41) is 0. The number of rotatable bonds is 7. The van der Waals surface area contributed by atoms with Gasteiger partial charge in [-0.25, -0.2) is 0 Å². The minimum atomic E-state index is -0.309. The lowest BCUT2D eigenvalue weighted by Gasteiger charge is -2.03. The van der Waals surface area contributed by atoms with Crippen molar-refractivity contribution in [1.82, 2.24) is 0 Å². The summed E-state index contributed by atoms with van der Waals surface area (Å²) in [5.74, 6) is 0. The summed E-state index contributed by atoms with van der Waals surface area (Å²) < 4.78 is 5.45. The predicted molar refractivity (Wildman–Crippen MR) is 54.0 cm³/mol. The Morgan fingerprint density at radius 2 is 1.73 bits per heavy atom. The molecule has 0 unspecified atom stereocenters. The Labute approximate surface area is 72.7 Å². The van der Waals surface area contributed by atoms with Crippen LogP contribution in [0.25, 0.3) is 0 Å². The van der Waals surface area contributed by atoms with E-state index in [4.69, 9.17) is 4.74 Å². The van der Waals surface area contributed by atoms with Gasteiger partial charge < -0.3 is 4.74 Å². The summed E-state index contributed by atoms with van der Waals surface area (Å²) >= 11 is 0. The lowest BCUT2D eigenvalue weighted by atomic mass is 10.4. The molecule has 0 saturated carbocycles. The van der Waals surface area contributed by atoms with Crippen LogP contribution in [0.1, 0.15) is 26.2 Å². The van der Waals surface area contributed by atoms with Crippen molar-refractivity contribution >= 4 is 8.80 Å². The van der Waals surface area contributed by atoms with E-state index >= 15 is 0 Å². The second kappa shape index (κ2) is 8.28. The van der Waals surface area contributed by atoms with Crippen molar-refractivity contribution in [3.63, 3.8) is 0 Å². The van der Waals surface area contributed by atoms with Gasteiger partial charge >= 0.3 is 0 Å². The minimum Gasteiger partial charge on any atom is -0.381 e. The first-order valence-electron chi connectivity index (χ1n) is 4.85. The van der Waals surface area contributed by atoms with Gasteiger partial charge in [0.1, 0.15) is 0 Å². The van der Waals surface area contributed by atoms with Crippen molar-refractivity contribution in [3.05, 3.63) is 0 Å². The Balaban J connectivity index is 2.80. The van der Waals surface area contributed by atoms with Crippen molar-refractivity contribution < 1.29 is 4.74 Å². The predicted octanol–water partition coefficient (Wildman–Crippen LogP) is 2.68. The fraction of sp³-hybridized carbons (Fsp3) is 1.00. The maximum atomic E-state index is 5.45. The topological polar surface area (TPSA) is 9.23 Å². The highest BCUT2D eigenvalue weighted by Gasteiger charge is 1.94. The Hall–Kier alpha value is 0.177. The molecule has 0 aromatic heterocycles. The first kappa shape index (κ1) is 11.2. The number of hydrogen-bond donors (Lipinski definition) is 0. The molecule has 0 bridgehead atoms. The SMILES string of the molecule is CCCCOCCC[SiH](C)C. The molecule has 0 amide bonds. The molecule has 0 N–H and O–H groups in total. The number of unbranched alkanes of at least 4 members (excludes halogenated alkanes) is 1. The molecule has 0 aliphatic carbocycles. The van der Waals surface area contributed by atoms with Crippen molar-refractivity contribution in [2.45, 2.75) is 45.3 Å². The largest absolute Gasteiger partial charge is 0.381 e. The van der Waals surface area contributed by atoms with Crippen molar-refractivity contribution in [2.75, 3.05) is 13.2 Å². The molecule has 0 aromatic carbocycles. The van der Waals surface area contributed by atoms with E-state index in [0.29, 0.717) is 0 Å². The summed E-state index contributed by atoms with van der Waals surface area (Å²) in [4.78, 5) is 0. The van der Waals surface area contributed by atoms with E-state index in [2.05, 4.69) is 20.0 Å². The molecule has 0 aliphatic rings. The molecule has 11 heavy (non-hydrogen) atoms. The van der Waals surface area contributed by atoms with Crippen molar-refractivity contribution in [2.24, 2.45) is 0 Å². The standard InChI is InChI=1S/C9H22OSi/c1-4-5-7-10-8-6-9-11(2)3/h11H,4-9H2,1-3H3. The second-order valence-electron chi connectivity index (χ2n) is 3.50. The molecule has 0 aliphatic heterocycles. The Kier molecular flexibility index (Phi) is 8.41. The zero-order chi connectivity index (χ0) is 8.53. The molecule has 0 aromatic rings. The maximum absolute atomic E-state index is 5.45. The van der Waals surface area contributed by atoms with Crippen LogP contribution in [-0.2, 0) is 4.74 Å². The maximum Gasteiger partial charge on any atom is 0.0465 e. The molecule has 2 heteroatoms. The molecule has 0 saturated heterocycles. The lowest BCUT2D eigenvalue weighted by molar-refractivity contribution is 0.132. The van der Waals surface area contributed by atoms with Crippen LogP contribution in [-0.4, -0.2) is 22.0 Å². The van der Waals surface area contributed by atoms with Crippen molar-refractivity contribution in [3.8, 4) is 0 Å². The molecule has 0 rings (SSSR count). The highest BCUT2D eigenvalue weighted by Crippen LogP contribution is 1.97. The third-order valence-corrected chi connectivity index (χ3v) is 3.28. The molecule has 0 atom stereocenters. The van der Waals surface area contributed by atoms with Crippen LogP contribution in [0.4, 0.5) is 0 Å². The number of ether oxygens (including phenoxy) is 1. The van der Waals surface area contributed by atoms with Gasteiger partial charge in [0.25, 0.3) is 0 Å². The third kappa shape index (κ3) is 10.2. The third-order valence-electron chi connectivity index (χ3n) is 1.71. The van der Waals surface area contributed by atoms with Gasteiger partial charge in [-0.3, -0.25) is 0 Å². The Morgan fingerprint density at radius 1 is 1.09 bits per heavy atom. The van der Waals surface area contributed by atoms with Crippen LogP contribution in [0.2, 0.25) is 19.1 Å². The molecular weight excluding hydrogens is 152 g/mol. The quantitative estimate of drug-likeness (QED) is 0.426. The first-order valence-corrected chi connectivity index (χ1v) is 7.97. The molecule has 1 nitrogen and oxygen atoms in total. The normalized spacial score (nSPS) is 10.9. The van der Waals surface area contributed by atoms with Gasteiger partial charge in [-0.05, 0) is 12.8 Å². The van der Waals surface area contributed by atoms with E-state index in [9.17, 15) is 0 Å². The van der Waals surface area contributed by atoms with Gasteiger partial charge in [0.05, 0.1) is 0 Å². The van der Waals surface area contributed by atoms with Crippen LogP contribution in [0.5, 0.6) is 0 Å². The smallest absolute Gasteiger partial charge is 0.0465 e. The highest BCUT2D eigenvalue weighted by molar-refractivity contribution is 6.55. The van der Waals surface area contributed by atoms with E-state index in [0.717, 1.165) is 13.2 Å². The van der Waals surface area contributed by atoms with E-state index < -0.39 is 0 Å². The summed E-state index contributed by atoms with van der Waals surface area (Å²) in [5.41, 5.74) is 0. The van der Waals surface area contributed by atoms with Gasteiger partial charge in [-0.2, -0.15) is 0 Å². The van der Waals surface area contributed by atoms with Crippen LogP contribution in [0.3, 0.4) is 0 Å². The molecule has 0 spiro atoms. The molecule has 0 heterocycles. The Bertz CT molecular complexity index is 74.0. The summed E-state index contributed by atoms with van der Waals surface area (Å²) in [7, 11) is -0.309. The Morgan fingerprint density at radius 3 is 2.27 bits per heavy atom. The monoisotopic (exact) mass is 174 g/mol. The lowest BCUT2D eigenvalue weighted by Crippen LogP contribution is -2.03. The van der Waals surface area contributed by atoms with Crippen LogP contribution < -0.4 is 0 Å². The average molecular weight is 174 g/mol. The van der Waals surface area contributed by atoms with Gasteiger partial charge in [-0.15, -0.1) is 0 Å². The molecule has 0 radical (unpaired) electrons. The molecular formula is C9H22OSi. The van der Waals surface area contributed by atoms with E-state index in [1.165, 1.54) is 25.3 Å². The van der Waals surface area contributed by atoms with Crippen LogP contribution >= 0.6 is 0 Å². The van der Waals surface area contributed by atoms with Gasteiger partial charge in [0, 0.05) is 22.0 Å². The summed E-state index contributed by atoms with van der Waals surface area (Å²) in [6, 6.07) is 1.44. The zero-order valence-electron chi connectivity index (χ0n) is 8.23. The van der Waals surface area contributed by atoms with E-state index in [-0.39, 0.29) is 8.80 Å². The van der Waals surface area contributed by atoms with Gasteiger partial charge in [-0.1, -0.05) is 32.5 Å². The summed E-state index contributed by atoms with van der Waals surface area (Å²) in [6.07, 6.45) is 3.76. The van der Waals surface area contributed by atoms with Gasteiger partial charge in [0.15, 0.2) is 0 Å². The highest BCUT2D eigenvalue weighted by atomic mass is 28.3. The van der Waals surface area contributed by atoms with E-state index in [1.807, 2.05) is 0 Å². The number of hydrogen-bond acceptors (Lipinski definition) is 1. The molecule has 0 fully saturated rings. The van der Waals surface area contributed by atoms with E-state index in [1.54, 1.807) is 0 Å². The average Bonchev–Trinajstić information content (AvgIpc) is 1.96. The first-order chi connectivity index (χ1) is 5.27. The minimum absolute atomic E-state index is 0.309. The zero-order valence-corrected chi connectivity index (χ0v) is 9.38. The van der Waals surface area contributed by atoms with Crippen LogP contribution in [0.15, 0.2) is 0 Å². The fourth-order valence-corrected chi connectivity index (χ4v) is 1.93. The fourth-order valence-electron chi connectivity index (χ4n) is 0.942. The van der Waals surface area contributed by atoms with Gasteiger partial charge in [0.2, 0.25) is 0 Å². The second-order valence-corrected chi connectivity index (χ2v) is 6.87. The van der Waals surface area contributed by atoms with Crippen LogP contribution in [0, 0.1) is 0 Å². The van der Waals surface area contributed by atoms with Crippen molar-refractivity contribution in [1.29, 1.82) is 0 Å². The molecule has 68 valence electrons. The summed E-state index contributed by atoms with van der Waals surface area (Å²) in [6.45, 7) is 8.95.